The van der Waals surface area contributed by atoms with Crippen molar-refractivity contribution in [2.75, 3.05) is 7.05 Å². The average molecular weight is 339 g/mol. The lowest BCUT2D eigenvalue weighted by molar-refractivity contribution is -0.384. The summed E-state index contributed by atoms with van der Waals surface area (Å²) < 4.78 is 0. The highest BCUT2D eigenvalue weighted by Crippen LogP contribution is 2.24. The van der Waals surface area contributed by atoms with Crippen molar-refractivity contribution in [3.8, 4) is 0 Å². The van der Waals surface area contributed by atoms with Crippen LogP contribution in [0.3, 0.4) is 0 Å². The van der Waals surface area contributed by atoms with E-state index in [1.807, 2.05) is 6.07 Å². The smallest absolute Gasteiger partial charge is 0.270 e. The van der Waals surface area contributed by atoms with Crippen LogP contribution in [0.15, 0.2) is 42.5 Å². The van der Waals surface area contributed by atoms with Crippen molar-refractivity contribution in [1.82, 2.24) is 4.90 Å². The van der Waals surface area contributed by atoms with Gasteiger partial charge < -0.3 is 4.90 Å². The molecule has 2 aromatic rings. The van der Waals surface area contributed by atoms with Gasteiger partial charge in [-0.1, -0.05) is 35.3 Å². The minimum atomic E-state index is -0.565. The third-order valence-electron chi connectivity index (χ3n) is 3.05. The van der Waals surface area contributed by atoms with Crippen molar-refractivity contribution in [2.45, 2.75) is 6.54 Å². The van der Waals surface area contributed by atoms with Gasteiger partial charge >= 0.3 is 0 Å². The molecule has 1 amide bonds. The highest BCUT2D eigenvalue weighted by molar-refractivity contribution is 6.34. The summed E-state index contributed by atoms with van der Waals surface area (Å²) in [7, 11) is 1.60. The fourth-order valence-electron chi connectivity index (χ4n) is 1.98. The Labute approximate surface area is 137 Å². The zero-order chi connectivity index (χ0) is 16.3. The van der Waals surface area contributed by atoms with Gasteiger partial charge in [0.1, 0.15) is 0 Å². The van der Waals surface area contributed by atoms with Crippen LogP contribution in [0.5, 0.6) is 0 Å². The Bertz CT molecular complexity index is 734. The van der Waals surface area contributed by atoms with Crippen LogP contribution in [0, 0.1) is 10.1 Å². The topological polar surface area (TPSA) is 63.5 Å². The van der Waals surface area contributed by atoms with Crippen molar-refractivity contribution in [1.29, 1.82) is 0 Å². The fourth-order valence-corrected chi connectivity index (χ4v) is 2.39. The molecule has 2 rings (SSSR count). The van der Waals surface area contributed by atoms with E-state index in [0.717, 1.165) is 5.56 Å². The Balaban J connectivity index is 2.23. The maximum absolute atomic E-state index is 12.4. The van der Waals surface area contributed by atoms with E-state index in [0.29, 0.717) is 11.6 Å². The molecule has 0 aromatic heterocycles. The molecule has 2 aromatic carbocycles. The standard InChI is InChI=1S/C15H12Cl2N2O3/c1-18(9-10-3-2-4-11(16)7-10)15(20)13-8-12(19(21)22)5-6-14(13)17/h2-8H,9H2,1H3. The van der Waals surface area contributed by atoms with Crippen molar-refractivity contribution in [2.24, 2.45) is 0 Å². The second-order valence-electron chi connectivity index (χ2n) is 4.71. The van der Waals surface area contributed by atoms with Gasteiger partial charge in [-0.15, -0.1) is 0 Å². The molecule has 0 bridgehead atoms. The molecule has 7 heteroatoms. The second kappa shape index (κ2) is 6.77. The van der Waals surface area contributed by atoms with Crippen LogP contribution >= 0.6 is 23.2 Å². The Kier molecular flexibility index (Phi) is 5.00. The van der Waals surface area contributed by atoms with Gasteiger partial charge in [0.25, 0.3) is 11.6 Å². The van der Waals surface area contributed by atoms with Crippen LogP contribution in [0.25, 0.3) is 0 Å². The highest BCUT2D eigenvalue weighted by atomic mass is 35.5. The number of hydrogen-bond donors (Lipinski definition) is 0. The summed E-state index contributed by atoms with van der Waals surface area (Å²) in [5, 5.41) is 11.6. The summed E-state index contributed by atoms with van der Waals surface area (Å²) in [6.45, 7) is 0.318. The van der Waals surface area contributed by atoms with Crippen molar-refractivity contribution >= 4 is 34.8 Å². The minimum absolute atomic E-state index is 0.0976. The minimum Gasteiger partial charge on any atom is -0.337 e. The van der Waals surface area contributed by atoms with Gasteiger partial charge in [-0.05, 0) is 23.8 Å². The van der Waals surface area contributed by atoms with Gasteiger partial charge in [0.05, 0.1) is 15.5 Å². The van der Waals surface area contributed by atoms with Gasteiger partial charge in [0, 0.05) is 30.7 Å². The zero-order valence-corrected chi connectivity index (χ0v) is 13.1. The molecule has 0 fully saturated rings. The quantitative estimate of drug-likeness (QED) is 0.620. The maximum atomic E-state index is 12.4. The van der Waals surface area contributed by atoms with E-state index < -0.39 is 10.8 Å². The molecule has 0 spiro atoms. The maximum Gasteiger partial charge on any atom is 0.270 e. The number of nitro groups is 1. The molecule has 0 aliphatic rings. The van der Waals surface area contributed by atoms with Crippen LogP contribution in [0.1, 0.15) is 15.9 Å². The summed E-state index contributed by atoms with van der Waals surface area (Å²) >= 11 is 11.9. The molecule has 0 saturated carbocycles. The average Bonchev–Trinajstić information content (AvgIpc) is 2.46. The summed E-state index contributed by atoms with van der Waals surface area (Å²) in [4.78, 5) is 24.1. The molecule has 0 N–H and O–H groups in total. The number of nitrogens with zero attached hydrogens (tertiary/aromatic N) is 2. The van der Waals surface area contributed by atoms with E-state index in [1.165, 1.54) is 23.1 Å². The van der Waals surface area contributed by atoms with Gasteiger partial charge in [-0.2, -0.15) is 0 Å². The number of non-ortho nitro benzene ring substituents is 1. The number of halogens is 2. The van der Waals surface area contributed by atoms with E-state index in [4.69, 9.17) is 23.2 Å². The number of rotatable bonds is 4. The first-order valence-corrected chi connectivity index (χ1v) is 7.08. The van der Waals surface area contributed by atoms with Crippen LogP contribution < -0.4 is 0 Å². The second-order valence-corrected chi connectivity index (χ2v) is 5.56. The van der Waals surface area contributed by atoms with Crippen molar-refractivity contribution < 1.29 is 9.72 Å². The first-order chi connectivity index (χ1) is 10.4. The molecule has 114 valence electrons. The monoisotopic (exact) mass is 338 g/mol. The molecule has 0 unspecified atom stereocenters. The van der Waals surface area contributed by atoms with E-state index in [2.05, 4.69) is 0 Å². The van der Waals surface area contributed by atoms with Crippen LogP contribution in [0.4, 0.5) is 5.69 Å². The summed E-state index contributed by atoms with van der Waals surface area (Å²) in [6, 6.07) is 10.9. The van der Waals surface area contributed by atoms with Crippen molar-refractivity contribution in [3.05, 3.63) is 73.8 Å². The van der Waals surface area contributed by atoms with Gasteiger partial charge in [-0.3, -0.25) is 14.9 Å². The predicted molar refractivity (Wildman–Crippen MR) is 85.4 cm³/mol. The lowest BCUT2D eigenvalue weighted by Crippen LogP contribution is -2.26. The van der Waals surface area contributed by atoms with Gasteiger partial charge in [-0.25, -0.2) is 0 Å². The Morgan fingerprint density at radius 2 is 1.95 bits per heavy atom. The molecule has 0 radical (unpaired) electrons. The fraction of sp³-hybridized carbons (Fsp3) is 0.133. The summed E-state index contributed by atoms with van der Waals surface area (Å²) in [6.07, 6.45) is 0. The molecule has 5 nitrogen and oxygen atoms in total. The normalized spacial score (nSPS) is 10.3. The predicted octanol–water partition coefficient (Wildman–Crippen LogP) is 4.17. The number of hydrogen-bond acceptors (Lipinski definition) is 3. The number of benzene rings is 2. The number of carbonyl (C=O) groups is 1. The third-order valence-corrected chi connectivity index (χ3v) is 3.61. The van der Waals surface area contributed by atoms with Crippen LogP contribution in [-0.2, 0) is 6.54 Å². The molecule has 0 saturated heterocycles. The van der Waals surface area contributed by atoms with Crippen LogP contribution in [0.2, 0.25) is 10.0 Å². The zero-order valence-electron chi connectivity index (χ0n) is 11.6. The van der Waals surface area contributed by atoms with E-state index in [-0.39, 0.29) is 16.3 Å². The Morgan fingerprint density at radius 1 is 1.23 bits per heavy atom. The molecule has 22 heavy (non-hydrogen) atoms. The Morgan fingerprint density at radius 3 is 2.59 bits per heavy atom. The summed E-state index contributed by atoms with van der Waals surface area (Å²) in [5.74, 6) is -0.395. The number of nitro benzene ring substituents is 1. The molecule has 0 atom stereocenters. The lowest BCUT2D eigenvalue weighted by Gasteiger charge is -2.18. The Hall–Kier alpha value is -2.11. The first kappa shape index (κ1) is 16.3. The van der Waals surface area contributed by atoms with Crippen LogP contribution in [-0.4, -0.2) is 22.8 Å². The van der Waals surface area contributed by atoms with Crippen molar-refractivity contribution in [3.63, 3.8) is 0 Å². The number of carbonyl (C=O) groups excluding carboxylic acids is 1. The summed E-state index contributed by atoms with van der Waals surface area (Å²) in [5.41, 5.74) is 0.772. The molecular formula is C15H12Cl2N2O3. The molecule has 0 heterocycles. The largest absolute Gasteiger partial charge is 0.337 e. The van der Waals surface area contributed by atoms with Gasteiger partial charge in [0.15, 0.2) is 0 Å². The van der Waals surface area contributed by atoms with E-state index >= 15 is 0 Å². The highest BCUT2D eigenvalue weighted by Gasteiger charge is 2.19. The lowest BCUT2D eigenvalue weighted by atomic mass is 10.1. The first-order valence-electron chi connectivity index (χ1n) is 6.32. The molecule has 0 aliphatic heterocycles. The SMILES string of the molecule is CN(Cc1cccc(Cl)c1)C(=O)c1cc([N+](=O)[O-])ccc1Cl. The molecular weight excluding hydrogens is 327 g/mol. The molecule has 0 aliphatic carbocycles. The van der Waals surface area contributed by atoms with Gasteiger partial charge in [0.2, 0.25) is 0 Å². The van der Waals surface area contributed by atoms with E-state index in [1.54, 1.807) is 25.2 Å². The van der Waals surface area contributed by atoms with E-state index in [9.17, 15) is 14.9 Å². The third kappa shape index (κ3) is 3.75. The number of amides is 1.